The predicted octanol–water partition coefficient (Wildman–Crippen LogP) is 2.56. The molecule has 1 aromatic carbocycles. The summed E-state index contributed by atoms with van der Waals surface area (Å²) in [5, 5.41) is -0.0401. The predicted molar refractivity (Wildman–Crippen MR) is 83.8 cm³/mol. The van der Waals surface area contributed by atoms with Gasteiger partial charge in [-0.05, 0) is 32.5 Å². The van der Waals surface area contributed by atoms with E-state index >= 15 is 0 Å². The molecule has 1 aliphatic rings. The quantitative estimate of drug-likeness (QED) is 0.824. The Bertz CT molecular complexity index is 495. The molecule has 4 nitrogen and oxygen atoms in total. The minimum absolute atomic E-state index is 0.0401. The average molecular weight is 301 g/mol. The maximum atomic E-state index is 14.5. The lowest BCUT2D eigenvalue weighted by Gasteiger charge is -2.33. The first-order valence-corrected chi connectivity index (χ1v) is 7.31. The Morgan fingerprint density at radius 1 is 1.35 bits per heavy atom. The van der Waals surface area contributed by atoms with Crippen molar-refractivity contribution in [2.24, 2.45) is 0 Å². The number of anilines is 3. The Kier molecular flexibility index (Phi) is 4.60. The molecule has 112 valence electrons. The van der Waals surface area contributed by atoms with Crippen molar-refractivity contribution in [2.75, 3.05) is 43.0 Å². The van der Waals surface area contributed by atoms with Gasteiger partial charge in [0.1, 0.15) is 5.02 Å². The molecule has 20 heavy (non-hydrogen) atoms. The van der Waals surface area contributed by atoms with Gasteiger partial charge in [0.15, 0.2) is 5.82 Å². The van der Waals surface area contributed by atoms with Crippen LogP contribution in [0.15, 0.2) is 6.07 Å². The standard InChI is InChI=1S/C14H22ClFN4/c1-3-9-8-19(2)5-4-6-20(9)14-11(18)7-10(17)12(15)13(14)16/h7,9H,3-6,8,17-18H2,1-2H3. The van der Waals surface area contributed by atoms with Gasteiger partial charge in [-0.15, -0.1) is 0 Å². The highest BCUT2D eigenvalue weighted by atomic mass is 35.5. The van der Waals surface area contributed by atoms with Crippen molar-refractivity contribution in [1.82, 2.24) is 4.90 Å². The minimum Gasteiger partial charge on any atom is -0.397 e. The number of nitrogens with zero attached hydrogens (tertiary/aromatic N) is 2. The molecule has 1 heterocycles. The number of rotatable bonds is 2. The van der Waals surface area contributed by atoms with Crippen molar-refractivity contribution in [3.63, 3.8) is 0 Å². The fourth-order valence-electron chi connectivity index (χ4n) is 2.84. The van der Waals surface area contributed by atoms with Crippen molar-refractivity contribution in [3.05, 3.63) is 16.9 Å². The van der Waals surface area contributed by atoms with E-state index in [9.17, 15) is 4.39 Å². The highest BCUT2D eigenvalue weighted by Gasteiger charge is 2.27. The number of hydrogen-bond donors (Lipinski definition) is 2. The molecule has 1 aromatic rings. The first-order chi connectivity index (χ1) is 9.45. The Morgan fingerprint density at radius 3 is 2.70 bits per heavy atom. The fourth-order valence-corrected chi connectivity index (χ4v) is 2.98. The first kappa shape index (κ1) is 15.2. The van der Waals surface area contributed by atoms with Crippen LogP contribution < -0.4 is 16.4 Å². The molecule has 0 amide bonds. The monoisotopic (exact) mass is 300 g/mol. The Balaban J connectivity index is 2.45. The highest BCUT2D eigenvalue weighted by molar-refractivity contribution is 6.33. The second-order valence-electron chi connectivity index (χ2n) is 5.40. The van der Waals surface area contributed by atoms with Crippen molar-refractivity contribution in [2.45, 2.75) is 25.8 Å². The van der Waals surface area contributed by atoms with Crippen molar-refractivity contribution < 1.29 is 4.39 Å². The topological polar surface area (TPSA) is 58.5 Å². The van der Waals surface area contributed by atoms with E-state index in [-0.39, 0.29) is 16.8 Å². The maximum absolute atomic E-state index is 14.5. The summed E-state index contributed by atoms with van der Waals surface area (Å²) in [7, 11) is 2.09. The highest BCUT2D eigenvalue weighted by Crippen LogP contribution is 2.38. The zero-order chi connectivity index (χ0) is 14.9. The van der Waals surface area contributed by atoms with E-state index in [2.05, 4.69) is 18.9 Å². The van der Waals surface area contributed by atoms with Crippen molar-refractivity contribution in [1.29, 1.82) is 0 Å². The second-order valence-corrected chi connectivity index (χ2v) is 5.78. The number of nitrogens with two attached hydrogens (primary N) is 2. The molecular formula is C14H22ClFN4. The van der Waals surface area contributed by atoms with Crippen molar-refractivity contribution >= 4 is 28.7 Å². The third-order valence-corrected chi connectivity index (χ3v) is 4.28. The van der Waals surface area contributed by atoms with E-state index < -0.39 is 5.82 Å². The van der Waals surface area contributed by atoms with Crippen LogP contribution in [0.25, 0.3) is 0 Å². The molecule has 1 atom stereocenters. The van der Waals surface area contributed by atoms with E-state index in [1.807, 2.05) is 4.90 Å². The summed E-state index contributed by atoms with van der Waals surface area (Å²) in [6.07, 6.45) is 1.89. The Morgan fingerprint density at radius 2 is 2.05 bits per heavy atom. The molecule has 2 rings (SSSR count). The summed E-state index contributed by atoms with van der Waals surface area (Å²) in [5.41, 5.74) is 12.6. The molecule has 0 radical (unpaired) electrons. The van der Waals surface area contributed by atoms with E-state index in [0.29, 0.717) is 11.4 Å². The van der Waals surface area contributed by atoms with Gasteiger partial charge >= 0.3 is 0 Å². The summed E-state index contributed by atoms with van der Waals surface area (Å²) < 4.78 is 14.5. The van der Waals surface area contributed by atoms with Crippen LogP contribution in [0, 0.1) is 5.82 Å². The van der Waals surface area contributed by atoms with Gasteiger partial charge in [0.2, 0.25) is 0 Å². The molecule has 1 saturated heterocycles. The van der Waals surface area contributed by atoms with Crippen LogP contribution in [0.2, 0.25) is 5.02 Å². The van der Waals surface area contributed by atoms with E-state index in [4.69, 9.17) is 23.1 Å². The lowest BCUT2D eigenvalue weighted by Crippen LogP contribution is -2.40. The lowest BCUT2D eigenvalue weighted by molar-refractivity contribution is 0.327. The normalized spacial score (nSPS) is 21.0. The van der Waals surface area contributed by atoms with Crippen molar-refractivity contribution in [3.8, 4) is 0 Å². The van der Waals surface area contributed by atoms with Gasteiger partial charge in [-0.25, -0.2) is 4.39 Å². The Hall–Kier alpha value is -1.20. The molecule has 1 aliphatic heterocycles. The van der Waals surface area contributed by atoms with Crippen LogP contribution in [0.4, 0.5) is 21.5 Å². The second kappa shape index (κ2) is 6.06. The first-order valence-electron chi connectivity index (χ1n) is 6.93. The van der Waals surface area contributed by atoms with E-state index in [0.717, 1.165) is 32.5 Å². The third kappa shape index (κ3) is 2.79. The summed E-state index contributed by atoms with van der Waals surface area (Å²) in [6, 6.07) is 1.77. The summed E-state index contributed by atoms with van der Waals surface area (Å²) >= 11 is 5.94. The van der Waals surface area contributed by atoms with Crippen LogP contribution in [0.1, 0.15) is 19.8 Å². The number of hydrogen-bond acceptors (Lipinski definition) is 4. The molecule has 0 aromatic heterocycles. The molecular weight excluding hydrogens is 279 g/mol. The molecule has 0 spiro atoms. The molecule has 1 fully saturated rings. The zero-order valence-electron chi connectivity index (χ0n) is 12.0. The fraction of sp³-hybridized carbons (Fsp3) is 0.571. The zero-order valence-corrected chi connectivity index (χ0v) is 12.8. The smallest absolute Gasteiger partial charge is 0.169 e. The largest absolute Gasteiger partial charge is 0.397 e. The van der Waals surface area contributed by atoms with Gasteiger partial charge in [0.25, 0.3) is 0 Å². The van der Waals surface area contributed by atoms with Crippen LogP contribution in [0.3, 0.4) is 0 Å². The lowest BCUT2D eigenvalue weighted by atomic mass is 10.1. The van der Waals surface area contributed by atoms with Crippen LogP contribution in [-0.2, 0) is 0 Å². The van der Waals surface area contributed by atoms with Gasteiger partial charge in [-0.1, -0.05) is 18.5 Å². The minimum atomic E-state index is -0.507. The summed E-state index contributed by atoms with van der Waals surface area (Å²) in [6.45, 7) is 4.75. The molecule has 6 heteroatoms. The van der Waals surface area contributed by atoms with Gasteiger partial charge in [-0.3, -0.25) is 0 Å². The number of benzene rings is 1. The van der Waals surface area contributed by atoms with Crippen LogP contribution in [0.5, 0.6) is 0 Å². The maximum Gasteiger partial charge on any atom is 0.169 e. The number of halogens is 2. The summed E-state index contributed by atoms with van der Waals surface area (Å²) in [4.78, 5) is 4.31. The Labute approximate surface area is 124 Å². The number of likely N-dealkylation sites (N-methyl/N-ethyl adjacent to an activating group) is 1. The van der Waals surface area contributed by atoms with E-state index in [1.54, 1.807) is 6.07 Å². The average Bonchev–Trinajstić information content (AvgIpc) is 2.58. The van der Waals surface area contributed by atoms with Gasteiger partial charge in [0, 0.05) is 19.1 Å². The molecule has 1 unspecified atom stereocenters. The molecule has 0 saturated carbocycles. The molecule has 4 N–H and O–H groups in total. The van der Waals surface area contributed by atoms with Gasteiger partial charge in [0.05, 0.1) is 17.1 Å². The summed E-state index contributed by atoms with van der Waals surface area (Å²) in [5.74, 6) is -0.507. The van der Waals surface area contributed by atoms with E-state index in [1.165, 1.54) is 0 Å². The van der Waals surface area contributed by atoms with Crippen LogP contribution >= 0.6 is 11.6 Å². The van der Waals surface area contributed by atoms with Gasteiger partial charge in [-0.2, -0.15) is 0 Å². The molecule has 0 bridgehead atoms. The molecule has 0 aliphatic carbocycles. The van der Waals surface area contributed by atoms with Gasteiger partial charge < -0.3 is 21.3 Å². The SMILES string of the molecule is CCC1CN(C)CCCN1c1c(N)cc(N)c(Cl)c1F. The number of nitrogen functional groups attached to an aromatic ring is 2. The third-order valence-electron chi connectivity index (χ3n) is 3.90. The van der Waals surface area contributed by atoms with Crippen LogP contribution in [-0.4, -0.2) is 37.6 Å².